The Morgan fingerprint density at radius 2 is 2.18 bits per heavy atom. The van der Waals surface area contributed by atoms with Crippen LogP contribution in [0.5, 0.6) is 17.2 Å². The van der Waals surface area contributed by atoms with E-state index < -0.39 is 0 Å². The zero-order chi connectivity index (χ0) is 12.8. The molecule has 17 heavy (non-hydrogen) atoms. The summed E-state index contributed by atoms with van der Waals surface area (Å²) in [5.41, 5.74) is 3.12. The van der Waals surface area contributed by atoms with Gasteiger partial charge in [0.1, 0.15) is 0 Å². The van der Waals surface area contributed by atoms with Crippen molar-refractivity contribution in [2.24, 2.45) is 5.10 Å². The minimum atomic E-state index is -0.302. The van der Waals surface area contributed by atoms with Gasteiger partial charge < -0.3 is 20.3 Å². The number of hydrogen-bond acceptors (Lipinski definition) is 5. The highest BCUT2D eigenvalue weighted by Crippen LogP contribution is 2.35. The summed E-state index contributed by atoms with van der Waals surface area (Å²) in [6, 6.07) is 2.88. The first-order chi connectivity index (χ1) is 8.08. The second kappa shape index (κ2) is 5.90. The lowest BCUT2D eigenvalue weighted by molar-refractivity contribution is 0.351. The fourth-order valence-corrected chi connectivity index (χ4v) is 1.12. The number of thiocarbonyl (C=S) groups is 1. The molecule has 1 rings (SSSR count). The standard InChI is InChI=1S/C10H13N3O3S/c1-11-10(17)13-12-5-6-3-7(14)9(15)8(4-6)16-2/h3-5,14-15H,1-2H3,(H2,11,13,17)/b12-5+. The Bertz CT molecular complexity index is 449. The molecule has 0 aliphatic rings. The van der Waals surface area contributed by atoms with Crippen LogP contribution in [0.15, 0.2) is 17.2 Å². The van der Waals surface area contributed by atoms with Gasteiger partial charge in [-0.2, -0.15) is 5.10 Å². The highest BCUT2D eigenvalue weighted by molar-refractivity contribution is 7.80. The SMILES string of the molecule is CNC(=S)N/N=C/c1cc(O)c(O)c(OC)c1. The molecule has 92 valence electrons. The summed E-state index contributed by atoms with van der Waals surface area (Å²) < 4.78 is 4.88. The molecule has 0 bridgehead atoms. The molecule has 0 heterocycles. The van der Waals surface area contributed by atoms with Gasteiger partial charge in [-0.05, 0) is 24.4 Å². The summed E-state index contributed by atoms with van der Waals surface area (Å²) in [6.45, 7) is 0. The number of nitrogens with one attached hydrogen (secondary N) is 2. The van der Waals surface area contributed by atoms with E-state index in [1.54, 1.807) is 7.05 Å². The van der Waals surface area contributed by atoms with Crippen LogP contribution in [0, 0.1) is 0 Å². The van der Waals surface area contributed by atoms with Crippen molar-refractivity contribution in [1.82, 2.24) is 10.7 Å². The molecule has 0 fully saturated rings. The third kappa shape index (κ3) is 3.49. The zero-order valence-corrected chi connectivity index (χ0v) is 10.2. The molecule has 0 saturated carbocycles. The Labute approximate surface area is 104 Å². The van der Waals surface area contributed by atoms with Crippen LogP contribution >= 0.6 is 12.2 Å². The van der Waals surface area contributed by atoms with Crippen molar-refractivity contribution in [2.45, 2.75) is 0 Å². The first-order valence-electron chi connectivity index (χ1n) is 4.69. The lowest BCUT2D eigenvalue weighted by Gasteiger charge is -2.06. The summed E-state index contributed by atoms with van der Waals surface area (Å²) in [7, 11) is 3.06. The molecule has 0 saturated heterocycles. The molecular formula is C10H13N3O3S. The molecule has 0 aliphatic heterocycles. The number of methoxy groups -OCH3 is 1. The van der Waals surface area contributed by atoms with E-state index in [1.165, 1.54) is 25.5 Å². The van der Waals surface area contributed by atoms with E-state index in [0.29, 0.717) is 10.7 Å². The number of aromatic hydroxyl groups is 2. The van der Waals surface area contributed by atoms with Crippen molar-refractivity contribution < 1.29 is 14.9 Å². The van der Waals surface area contributed by atoms with Crippen molar-refractivity contribution in [1.29, 1.82) is 0 Å². The fourth-order valence-electron chi connectivity index (χ4n) is 1.07. The van der Waals surface area contributed by atoms with Gasteiger partial charge in [-0.15, -0.1) is 0 Å². The molecule has 1 aromatic carbocycles. The molecular weight excluding hydrogens is 242 g/mol. The molecule has 1 aromatic rings. The number of nitrogens with zero attached hydrogens (tertiary/aromatic N) is 1. The van der Waals surface area contributed by atoms with E-state index in [0.717, 1.165) is 0 Å². The van der Waals surface area contributed by atoms with E-state index in [9.17, 15) is 10.2 Å². The third-order valence-corrected chi connectivity index (χ3v) is 2.20. The smallest absolute Gasteiger partial charge is 0.200 e. The Morgan fingerprint density at radius 1 is 1.47 bits per heavy atom. The van der Waals surface area contributed by atoms with Gasteiger partial charge in [0.05, 0.1) is 13.3 Å². The van der Waals surface area contributed by atoms with Crippen LogP contribution in [0.3, 0.4) is 0 Å². The number of hydrazone groups is 1. The van der Waals surface area contributed by atoms with E-state index in [4.69, 9.17) is 17.0 Å². The highest BCUT2D eigenvalue weighted by Gasteiger charge is 2.08. The fraction of sp³-hybridized carbons (Fsp3) is 0.200. The van der Waals surface area contributed by atoms with Gasteiger partial charge >= 0.3 is 0 Å². The van der Waals surface area contributed by atoms with Gasteiger partial charge in [0.15, 0.2) is 16.6 Å². The molecule has 0 amide bonds. The quantitative estimate of drug-likeness (QED) is 0.273. The Hall–Kier alpha value is -2.02. The van der Waals surface area contributed by atoms with Gasteiger partial charge in [-0.3, -0.25) is 5.43 Å². The van der Waals surface area contributed by atoms with Crippen molar-refractivity contribution in [2.75, 3.05) is 14.2 Å². The van der Waals surface area contributed by atoms with E-state index in [2.05, 4.69) is 15.8 Å². The number of phenols is 2. The summed E-state index contributed by atoms with van der Waals surface area (Å²) in [6.07, 6.45) is 1.44. The third-order valence-electron chi connectivity index (χ3n) is 1.90. The van der Waals surface area contributed by atoms with Gasteiger partial charge in [0, 0.05) is 12.6 Å². The van der Waals surface area contributed by atoms with Crippen LogP contribution in [0.2, 0.25) is 0 Å². The largest absolute Gasteiger partial charge is 0.504 e. The number of hydrogen-bond donors (Lipinski definition) is 4. The molecule has 0 atom stereocenters. The number of phenolic OH excluding ortho intramolecular Hbond substituents is 2. The van der Waals surface area contributed by atoms with E-state index in [1.807, 2.05) is 0 Å². The van der Waals surface area contributed by atoms with Crippen molar-refractivity contribution in [3.8, 4) is 17.2 Å². The van der Waals surface area contributed by atoms with Crippen LogP contribution in [0.25, 0.3) is 0 Å². The van der Waals surface area contributed by atoms with E-state index >= 15 is 0 Å². The van der Waals surface area contributed by atoms with Crippen LogP contribution in [0.1, 0.15) is 5.56 Å². The van der Waals surface area contributed by atoms with Crippen LogP contribution in [-0.4, -0.2) is 35.7 Å². The average molecular weight is 255 g/mol. The normalized spacial score (nSPS) is 10.2. The maximum atomic E-state index is 9.42. The van der Waals surface area contributed by atoms with Crippen LogP contribution in [-0.2, 0) is 0 Å². The number of ether oxygens (including phenoxy) is 1. The summed E-state index contributed by atoms with van der Waals surface area (Å²) in [5.74, 6) is -0.409. The molecule has 0 unspecified atom stereocenters. The lowest BCUT2D eigenvalue weighted by Crippen LogP contribution is -2.28. The lowest BCUT2D eigenvalue weighted by atomic mass is 10.2. The maximum Gasteiger partial charge on any atom is 0.200 e. The van der Waals surface area contributed by atoms with Gasteiger partial charge in [0.2, 0.25) is 5.75 Å². The summed E-state index contributed by atoms with van der Waals surface area (Å²) in [5, 5.41) is 25.7. The summed E-state index contributed by atoms with van der Waals surface area (Å²) >= 11 is 4.82. The maximum absolute atomic E-state index is 9.42. The van der Waals surface area contributed by atoms with Crippen LogP contribution in [0.4, 0.5) is 0 Å². The molecule has 4 N–H and O–H groups in total. The number of rotatable bonds is 3. The van der Waals surface area contributed by atoms with Gasteiger partial charge in [-0.1, -0.05) is 0 Å². The Kier molecular flexibility index (Phi) is 4.53. The monoisotopic (exact) mass is 255 g/mol. The zero-order valence-electron chi connectivity index (χ0n) is 9.39. The highest BCUT2D eigenvalue weighted by atomic mass is 32.1. The average Bonchev–Trinajstić information content (AvgIpc) is 2.33. The molecule has 0 radical (unpaired) electrons. The molecule has 0 aliphatic carbocycles. The Morgan fingerprint density at radius 3 is 2.76 bits per heavy atom. The predicted molar refractivity (Wildman–Crippen MR) is 68.7 cm³/mol. The van der Waals surface area contributed by atoms with Gasteiger partial charge in [0.25, 0.3) is 0 Å². The van der Waals surface area contributed by atoms with Crippen LogP contribution < -0.4 is 15.5 Å². The summed E-state index contributed by atoms with van der Waals surface area (Å²) in [4.78, 5) is 0. The molecule has 7 heteroatoms. The van der Waals surface area contributed by atoms with Crippen molar-refractivity contribution >= 4 is 23.5 Å². The molecule has 0 spiro atoms. The minimum Gasteiger partial charge on any atom is -0.504 e. The van der Waals surface area contributed by atoms with Crippen molar-refractivity contribution in [3.05, 3.63) is 17.7 Å². The molecule has 0 aromatic heterocycles. The predicted octanol–water partition coefficient (Wildman–Crippen LogP) is 0.534. The second-order valence-corrected chi connectivity index (χ2v) is 3.45. The Balaban J connectivity index is 2.85. The van der Waals surface area contributed by atoms with Crippen molar-refractivity contribution in [3.63, 3.8) is 0 Å². The molecule has 6 nitrogen and oxygen atoms in total. The second-order valence-electron chi connectivity index (χ2n) is 3.04. The van der Waals surface area contributed by atoms with E-state index in [-0.39, 0.29) is 17.2 Å². The number of benzene rings is 1. The first-order valence-corrected chi connectivity index (χ1v) is 5.10. The minimum absolute atomic E-state index is 0.169. The first kappa shape index (κ1) is 13.0. The topological polar surface area (TPSA) is 86.1 Å². The van der Waals surface area contributed by atoms with Gasteiger partial charge in [-0.25, -0.2) is 0 Å².